The van der Waals surface area contributed by atoms with Crippen LogP contribution >= 0.6 is 15.9 Å². The first-order chi connectivity index (χ1) is 10.9. The van der Waals surface area contributed by atoms with Gasteiger partial charge in [0.2, 0.25) is 6.20 Å². The molecule has 0 fully saturated rings. The molecule has 120 valence electrons. The van der Waals surface area contributed by atoms with Crippen LogP contribution in [-0.4, -0.2) is 5.16 Å². The van der Waals surface area contributed by atoms with E-state index >= 15 is 0 Å². The average molecular weight is 388 g/mol. The smallest absolute Gasteiger partial charge is 0.394 e. The molecule has 3 rings (SSSR count). The molecule has 0 radical (unpaired) electrons. The lowest BCUT2D eigenvalue weighted by Crippen LogP contribution is -2.47. The molecule has 0 atom stereocenters. The highest BCUT2D eigenvalue weighted by atomic mass is 79.9. The van der Waals surface area contributed by atoms with Crippen molar-refractivity contribution >= 4 is 32.6 Å². The molecule has 3 N–H and O–H groups in total. The van der Waals surface area contributed by atoms with Gasteiger partial charge in [-0.3, -0.25) is 0 Å². The highest BCUT2D eigenvalue weighted by Gasteiger charge is 2.38. The summed E-state index contributed by atoms with van der Waals surface area (Å²) in [7, 11) is 0. The monoisotopic (exact) mass is 387 g/mol. The van der Waals surface area contributed by atoms with E-state index in [1.807, 2.05) is 18.2 Å². The van der Waals surface area contributed by atoms with Crippen molar-refractivity contribution in [1.29, 1.82) is 0 Å². The minimum atomic E-state index is -4.52. The summed E-state index contributed by atoms with van der Waals surface area (Å²) in [5.74, 6) is 0. The Bertz CT molecular complexity index is 863. The van der Waals surface area contributed by atoms with Gasteiger partial charge in [-0.05, 0) is 18.2 Å². The molecule has 23 heavy (non-hydrogen) atoms. The molecular weight excluding hydrogens is 377 g/mol. The summed E-state index contributed by atoms with van der Waals surface area (Å²) in [6, 6.07) is 8.09. The zero-order valence-corrected chi connectivity index (χ0v) is 13.1. The summed E-state index contributed by atoms with van der Waals surface area (Å²) in [4.78, 5) is 0. The lowest BCUT2D eigenvalue weighted by molar-refractivity contribution is -0.663. The van der Waals surface area contributed by atoms with Crippen LogP contribution in [0.5, 0.6) is 0 Å². The molecule has 0 saturated carbocycles. The predicted molar refractivity (Wildman–Crippen MR) is 80.8 cm³/mol. The van der Waals surface area contributed by atoms with Crippen molar-refractivity contribution in [3.63, 3.8) is 0 Å². The van der Waals surface area contributed by atoms with Crippen LogP contribution in [0.1, 0.15) is 11.3 Å². The number of aromatic nitrogens is 2. The van der Waals surface area contributed by atoms with Crippen molar-refractivity contribution < 1.29 is 22.4 Å². The second-order valence-corrected chi connectivity index (χ2v) is 5.56. The molecule has 2 heterocycles. The van der Waals surface area contributed by atoms with Crippen LogP contribution in [0, 0.1) is 0 Å². The van der Waals surface area contributed by atoms with Crippen LogP contribution in [0.15, 0.2) is 45.7 Å². The second-order valence-electron chi connectivity index (χ2n) is 4.81. The van der Waals surface area contributed by atoms with Crippen molar-refractivity contribution in [3.8, 4) is 0 Å². The van der Waals surface area contributed by atoms with Crippen molar-refractivity contribution in [2.45, 2.75) is 12.7 Å². The SMILES string of the molecule is Nc1cc(C(F)(F)F)c(Br)[n+](NCc2noc3ccccc23)c1. The molecule has 0 spiro atoms. The normalized spacial score (nSPS) is 11.8. The van der Waals surface area contributed by atoms with Crippen molar-refractivity contribution in [1.82, 2.24) is 5.16 Å². The Morgan fingerprint density at radius 1 is 1.30 bits per heavy atom. The molecule has 1 aromatic carbocycles. The number of fused-ring (bicyclic) bond motifs is 1. The minimum absolute atomic E-state index is 0.0157. The number of pyridine rings is 1. The number of nitrogens with two attached hydrogens (primary N) is 1. The molecule has 2 aromatic heterocycles. The number of para-hydroxylation sites is 1. The van der Waals surface area contributed by atoms with E-state index in [9.17, 15) is 13.2 Å². The fourth-order valence-corrected chi connectivity index (χ4v) is 2.71. The molecule has 0 aliphatic heterocycles. The molecule has 3 aromatic rings. The van der Waals surface area contributed by atoms with Crippen LogP contribution in [-0.2, 0) is 12.7 Å². The van der Waals surface area contributed by atoms with Gasteiger partial charge in [0.25, 0.3) is 4.60 Å². The van der Waals surface area contributed by atoms with Crippen molar-refractivity contribution in [2.24, 2.45) is 0 Å². The van der Waals surface area contributed by atoms with Crippen molar-refractivity contribution in [2.75, 3.05) is 11.2 Å². The molecule has 0 bridgehead atoms. The third-order valence-corrected chi connectivity index (χ3v) is 4.01. The van der Waals surface area contributed by atoms with Gasteiger partial charge in [0.15, 0.2) is 5.58 Å². The third-order valence-electron chi connectivity index (χ3n) is 3.20. The third kappa shape index (κ3) is 3.09. The largest absolute Gasteiger partial charge is 0.423 e. The van der Waals surface area contributed by atoms with Gasteiger partial charge in [0.1, 0.15) is 23.5 Å². The van der Waals surface area contributed by atoms with Crippen LogP contribution in [0.3, 0.4) is 0 Å². The van der Waals surface area contributed by atoms with Gasteiger partial charge in [0.05, 0.1) is 0 Å². The van der Waals surface area contributed by atoms with Crippen LogP contribution in [0.4, 0.5) is 18.9 Å². The number of rotatable bonds is 3. The second kappa shape index (κ2) is 5.73. The number of nitrogens with one attached hydrogen (secondary N) is 1. The standard InChI is InChI=1S/C14H11BrF3N4O/c15-13-10(14(16,17)18)5-8(19)7-22(13)20-6-11-9-3-1-2-4-12(9)23-21-11/h1-5,7,20H,6,19H2/q+1. The number of halogens is 4. The minimum Gasteiger partial charge on any atom is -0.394 e. The first kappa shape index (κ1) is 15.6. The van der Waals surface area contributed by atoms with Gasteiger partial charge in [0, 0.05) is 21.3 Å². The topological polar surface area (TPSA) is 68.0 Å². The van der Waals surface area contributed by atoms with Gasteiger partial charge in [-0.25, -0.2) is 0 Å². The van der Waals surface area contributed by atoms with E-state index < -0.39 is 11.7 Å². The van der Waals surface area contributed by atoms with E-state index in [-0.39, 0.29) is 16.8 Å². The first-order valence-corrected chi connectivity index (χ1v) is 7.30. The van der Waals surface area contributed by atoms with E-state index in [0.717, 1.165) is 11.5 Å². The Labute approximate surface area is 137 Å². The summed E-state index contributed by atoms with van der Waals surface area (Å²) < 4.78 is 45.1. The van der Waals surface area contributed by atoms with Crippen LogP contribution in [0.25, 0.3) is 11.0 Å². The van der Waals surface area contributed by atoms with E-state index in [2.05, 4.69) is 26.5 Å². The maximum atomic E-state index is 13.0. The molecule has 9 heteroatoms. The zero-order valence-electron chi connectivity index (χ0n) is 11.6. The Morgan fingerprint density at radius 3 is 2.78 bits per heavy atom. The molecule has 0 amide bonds. The summed E-state index contributed by atoms with van der Waals surface area (Å²) in [6.45, 7) is 0.168. The Balaban J connectivity index is 1.90. The fourth-order valence-electron chi connectivity index (χ4n) is 2.14. The van der Waals surface area contributed by atoms with Gasteiger partial charge in [-0.15, -0.1) is 0 Å². The Kier molecular flexibility index (Phi) is 3.88. The summed E-state index contributed by atoms with van der Waals surface area (Å²) >= 11 is 2.95. The lowest BCUT2D eigenvalue weighted by atomic mass is 10.2. The molecule has 0 saturated heterocycles. The number of nitrogens with zero attached hydrogens (tertiary/aromatic N) is 2. The number of nitrogen functional groups attached to an aromatic ring is 1. The number of anilines is 1. The zero-order chi connectivity index (χ0) is 16.6. The van der Waals surface area contributed by atoms with E-state index in [0.29, 0.717) is 11.3 Å². The predicted octanol–water partition coefficient (Wildman–Crippen LogP) is 3.22. The highest BCUT2D eigenvalue weighted by molar-refractivity contribution is 9.10. The Hall–Kier alpha value is -2.29. The van der Waals surface area contributed by atoms with E-state index in [1.54, 1.807) is 6.07 Å². The van der Waals surface area contributed by atoms with E-state index in [4.69, 9.17) is 10.3 Å². The number of hydrogen-bond acceptors (Lipinski definition) is 4. The van der Waals surface area contributed by atoms with Gasteiger partial charge >= 0.3 is 6.18 Å². The van der Waals surface area contributed by atoms with Crippen LogP contribution in [0.2, 0.25) is 0 Å². The maximum absolute atomic E-state index is 13.0. The summed E-state index contributed by atoms with van der Waals surface area (Å²) in [5, 5.41) is 4.70. The van der Waals surface area contributed by atoms with Crippen LogP contribution < -0.4 is 15.8 Å². The average Bonchev–Trinajstić information content (AvgIpc) is 2.90. The Morgan fingerprint density at radius 2 is 2.04 bits per heavy atom. The van der Waals surface area contributed by atoms with Gasteiger partial charge in [-0.1, -0.05) is 22.0 Å². The molecule has 0 unspecified atom stereocenters. The number of alkyl halides is 3. The fraction of sp³-hybridized carbons (Fsp3) is 0.143. The maximum Gasteiger partial charge on any atom is 0.423 e. The number of benzene rings is 1. The van der Waals surface area contributed by atoms with Gasteiger partial charge < -0.3 is 10.3 Å². The highest BCUT2D eigenvalue weighted by Crippen LogP contribution is 2.33. The van der Waals surface area contributed by atoms with E-state index in [1.165, 1.54) is 10.9 Å². The summed E-state index contributed by atoms with van der Waals surface area (Å²) in [5.41, 5.74) is 8.68. The molecule has 5 nitrogen and oxygen atoms in total. The molecule has 0 aliphatic carbocycles. The van der Waals surface area contributed by atoms with Gasteiger partial charge in [-0.2, -0.15) is 18.6 Å². The lowest BCUT2D eigenvalue weighted by Gasteiger charge is -2.09. The molecule has 0 aliphatic rings. The number of hydrogen-bond donors (Lipinski definition) is 2. The first-order valence-electron chi connectivity index (χ1n) is 6.51. The summed E-state index contributed by atoms with van der Waals surface area (Å²) in [6.07, 6.45) is -3.17. The van der Waals surface area contributed by atoms with Crippen molar-refractivity contribution in [3.05, 3.63) is 52.4 Å². The molecular formula is C14H11BrF3N4O+. The quantitative estimate of drug-likeness (QED) is 0.534.